The number of pyridine rings is 1. The summed E-state index contributed by atoms with van der Waals surface area (Å²) >= 11 is 1.39. The van der Waals surface area contributed by atoms with Gasteiger partial charge in [-0.2, -0.15) is 0 Å². The molecule has 1 amide bonds. The summed E-state index contributed by atoms with van der Waals surface area (Å²) in [4.78, 5) is 22.7. The van der Waals surface area contributed by atoms with Gasteiger partial charge in [0.25, 0.3) is 0 Å². The van der Waals surface area contributed by atoms with Gasteiger partial charge in [0.1, 0.15) is 5.60 Å². The smallest absolute Gasteiger partial charge is 0.222 e. The van der Waals surface area contributed by atoms with E-state index in [0.29, 0.717) is 49.6 Å². The molecule has 2 aromatic rings. The Bertz CT molecular complexity index is 706. The standard InChI is InChI=1S/C17H22N4O2S/c1-12-2-4-14(19-10-12)17(23)6-8-21(9-7-17)15(22)5-3-13-11-24-16(18)20-13/h2,4,10-11,23H,3,5-9H2,1H3,(H2,18,20). The van der Waals surface area contributed by atoms with E-state index in [2.05, 4.69) is 9.97 Å². The fourth-order valence-corrected chi connectivity index (χ4v) is 3.55. The Morgan fingerprint density at radius 1 is 1.42 bits per heavy atom. The van der Waals surface area contributed by atoms with Gasteiger partial charge in [0.15, 0.2) is 5.13 Å². The molecule has 3 rings (SSSR count). The summed E-state index contributed by atoms with van der Waals surface area (Å²) in [6.45, 7) is 3.06. The van der Waals surface area contributed by atoms with Crippen molar-refractivity contribution in [1.82, 2.24) is 14.9 Å². The largest absolute Gasteiger partial charge is 0.383 e. The Balaban J connectivity index is 1.54. The van der Waals surface area contributed by atoms with Crippen LogP contribution in [0.25, 0.3) is 0 Å². The number of nitrogens with two attached hydrogens (primary N) is 1. The fourth-order valence-electron chi connectivity index (χ4n) is 2.96. The van der Waals surface area contributed by atoms with E-state index >= 15 is 0 Å². The lowest BCUT2D eigenvalue weighted by atomic mass is 9.87. The number of rotatable bonds is 4. The molecule has 128 valence electrons. The van der Waals surface area contributed by atoms with Crippen molar-refractivity contribution in [2.24, 2.45) is 0 Å². The molecule has 0 atom stereocenters. The maximum atomic E-state index is 12.3. The molecule has 1 fully saturated rings. The lowest BCUT2D eigenvalue weighted by Gasteiger charge is -2.37. The van der Waals surface area contributed by atoms with Gasteiger partial charge in [0.05, 0.1) is 11.4 Å². The number of aliphatic hydroxyl groups is 1. The number of thiazole rings is 1. The van der Waals surface area contributed by atoms with Gasteiger partial charge in [0, 0.05) is 31.1 Å². The van der Waals surface area contributed by atoms with Crippen LogP contribution in [0.5, 0.6) is 0 Å². The average Bonchev–Trinajstić information content (AvgIpc) is 2.99. The van der Waals surface area contributed by atoms with Crippen LogP contribution in [0.1, 0.15) is 36.2 Å². The summed E-state index contributed by atoms with van der Waals surface area (Å²) in [6, 6.07) is 3.83. The van der Waals surface area contributed by atoms with Gasteiger partial charge in [-0.05, 0) is 37.8 Å². The minimum absolute atomic E-state index is 0.0977. The molecule has 1 saturated heterocycles. The Morgan fingerprint density at radius 3 is 2.75 bits per heavy atom. The van der Waals surface area contributed by atoms with Gasteiger partial charge in [0.2, 0.25) is 5.91 Å². The number of hydrogen-bond acceptors (Lipinski definition) is 6. The number of amides is 1. The first-order valence-electron chi connectivity index (χ1n) is 8.09. The first-order chi connectivity index (χ1) is 11.5. The second kappa shape index (κ2) is 6.86. The molecule has 1 aliphatic rings. The van der Waals surface area contributed by atoms with E-state index < -0.39 is 5.60 Å². The van der Waals surface area contributed by atoms with Crippen molar-refractivity contribution < 1.29 is 9.90 Å². The van der Waals surface area contributed by atoms with E-state index in [1.54, 1.807) is 6.20 Å². The number of nitrogen functional groups attached to an aromatic ring is 1. The molecule has 0 saturated carbocycles. The van der Waals surface area contributed by atoms with Gasteiger partial charge in [-0.25, -0.2) is 4.98 Å². The zero-order valence-electron chi connectivity index (χ0n) is 13.7. The van der Waals surface area contributed by atoms with E-state index in [4.69, 9.17) is 5.73 Å². The maximum Gasteiger partial charge on any atom is 0.222 e. The third kappa shape index (κ3) is 3.73. The van der Waals surface area contributed by atoms with Crippen molar-refractivity contribution in [3.8, 4) is 0 Å². The Morgan fingerprint density at radius 2 is 2.17 bits per heavy atom. The number of likely N-dealkylation sites (tertiary alicyclic amines) is 1. The van der Waals surface area contributed by atoms with Crippen LogP contribution in [-0.2, 0) is 16.8 Å². The van der Waals surface area contributed by atoms with Crippen LogP contribution in [0.15, 0.2) is 23.7 Å². The zero-order chi connectivity index (χ0) is 17.2. The lowest BCUT2D eigenvalue weighted by molar-refractivity contribution is -0.135. The van der Waals surface area contributed by atoms with Gasteiger partial charge >= 0.3 is 0 Å². The highest BCUT2D eigenvalue weighted by Crippen LogP contribution is 2.31. The Kier molecular flexibility index (Phi) is 4.82. The minimum atomic E-state index is -0.937. The molecule has 6 nitrogen and oxygen atoms in total. The molecule has 1 aliphatic heterocycles. The van der Waals surface area contributed by atoms with E-state index in [9.17, 15) is 9.90 Å². The first-order valence-corrected chi connectivity index (χ1v) is 8.97. The number of carbonyl (C=O) groups excluding carboxylic acids is 1. The highest BCUT2D eigenvalue weighted by molar-refractivity contribution is 7.13. The Hall–Kier alpha value is -1.99. The van der Waals surface area contributed by atoms with Crippen LogP contribution in [-0.4, -0.2) is 39.0 Å². The van der Waals surface area contributed by atoms with Crippen molar-refractivity contribution >= 4 is 22.4 Å². The zero-order valence-corrected chi connectivity index (χ0v) is 14.6. The molecular weight excluding hydrogens is 324 g/mol. The summed E-state index contributed by atoms with van der Waals surface area (Å²) in [7, 11) is 0. The normalized spacial score (nSPS) is 17.0. The third-order valence-electron chi connectivity index (χ3n) is 4.50. The van der Waals surface area contributed by atoms with E-state index in [1.807, 2.05) is 29.3 Å². The van der Waals surface area contributed by atoms with Gasteiger partial charge in [-0.15, -0.1) is 11.3 Å². The molecule has 2 aromatic heterocycles. The molecule has 0 aliphatic carbocycles. The van der Waals surface area contributed by atoms with Crippen molar-refractivity contribution in [1.29, 1.82) is 0 Å². The molecule has 0 radical (unpaired) electrons. The summed E-state index contributed by atoms with van der Waals surface area (Å²) in [5.74, 6) is 0.0977. The van der Waals surface area contributed by atoms with Crippen molar-refractivity contribution in [2.75, 3.05) is 18.8 Å². The van der Waals surface area contributed by atoms with E-state index in [-0.39, 0.29) is 5.91 Å². The summed E-state index contributed by atoms with van der Waals surface area (Å²) in [5.41, 5.74) is 7.29. The van der Waals surface area contributed by atoms with Crippen LogP contribution in [0.3, 0.4) is 0 Å². The van der Waals surface area contributed by atoms with E-state index in [0.717, 1.165) is 11.3 Å². The van der Waals surface area contributed by atoms with Crippen LogP contribution in [0.2, 0.25) is 0 Å². The molecule has 3 N–H and O–H groups in total. The molecule has 0 spiro atoms. The highest BCUT2D eigenvalue weighted by atomic mass is 32.1. The quantitative estimate of drug-likeness (QED) is 0.882. The number of anilines is 1. The summed E-state index contributed by atoms with van der Waals surface area (Å²) in [5, 5.41) is 13.2. The number of hydrogen-bond donors (Lipinski definition) is 2. The summed E-state index contributed by atoms with van der Waals surface area (Å²) in [6.07, 6.45) is 3.82. The summed E-state index contributed by atoms with van der Waals surface area (Å²) < 4.78 is 0. The molecule has 3 heterocycles. The average molecular weight is 346 g/mol. The number of piperidine rings is 1. The number of nitrogens with zero attached hydrogens (tertiary/aromatic N) is 3. The predicted octanol–water partition coefficient (Wildman–Crippen LogP) is 1.87. The number of aromatic nitrogens is 2. The van der Waals surface area contributed by atoms with E-state index in [1.165, 1.54) is 11.3 Å². The second-order valence-electron chi connectivity index (χ2n) is 6.31. The van der Waals surface area contributed by atoms with Crippen molar-refractivity contribution in [3.05, 3.63) is 40.7 Å². The van der Waals surface area contributed by atoms with Gasteiger partial charge in [-0.3, -0.25) is 9.78 Å². The first kappa shape index (κ1) is 16.9. The fraction of sp³-hybridized carbons (Fsp3) is 0.471. The van der Waals surface area contributed by atoms with Crippen LogP contribution in [0.4, 0.5) is 5.13 Å². The van der Waals surface area contributed by atoms with Crippen molar-refractivity contribution in [3.63, 3.8) is 0 Å². The SMILES string of the molecule is Cc1ccc(C2(O)CCN(C(=O)CCc3csc(N)n3)CC2)nc1. The molecular formula is C17H22N4O2S. The minimum Gasteiger partial charge on any atom is -0.383 e. The molecule has 0 bridgehead atoms. The maximum absolute atomic E-state index is 12.3. The monoisotopic (exact) mass is 346 g/mol. The third-order valence-corrected chi connectivity index (χ3v) is 5.22. The topological polar surface area (TPSA) is 92.3 Å². The predicted molar refractivity (Wildman–Crippen MR) is 93.5 cm³/mol. The number of carbonyl (C=O) groups is 1. The Labute approximate surface area is 145 Å². The molecule has 24 heavy (non-hydrogen) atoms. The van der Waals surface area contributed by atoms with Crippen LogP contribution >= 0.6 is 11.3 Å². The highest BCUT2D eigenvalue weighted by Gasteiger charge is 2.36. The van der Waals surface area contributed by atoms with Gasteiger partial charge < -0.3 is 15.7 Å². The van der Waals surface area contributed by atoms with Crippen LogP contribution < -0.4 is 5.73 Å². The lowest BCUT2D eigenvalue weighted by Crippen LogP contribution is -2.45. The van der Waals surface area contributed by atoms with Crippen molar-refractivity contribution in [2.45, 2.75) is 38.2 Å². The van der Waals surface area contributed by atoms with Gasteiger partial charge in [-0.1, -0.05) is 6.07 Å². The second-order valence-corrected chi connectivity index (χ2v) is 7.20. The molecule has 0 aromatic carbocycles. The molecule has 0 unspecified atom stereocenters. The molecule has 7 heteroatoms. The number of aryl methyl sites for hydroxylation is 2. The van der Waals surface area contributed by atoms with Crippen LogP contribution in [0, 0.1) is 6.92 Å².